The molecule has 2 aromatic rings. The summed E-state index contributed by atoms with van der Waals surface area (Å²) in [6.45, 7) is 6.84. The Bertz CT molecular complexity index is 730. The van der Waals surface area contributed by atoms with Crippen molar-refractivity contribution < 1.29 is 14.3 Å². The van der Waals surface area contributed by atoms with E-state index in [1.165, 1.54) is 5.56 Å². The van der Waals surface area contributed by atoms with Crippen LogP contribution in [-0.2, 0) is 11.2 Å². The van der Waals surface area contributed by atoms with Crippen molar-refractivity contribution in [1.82, 2.24) is 4.90 Å². The number of aryl methyl sites for hydroxylation is 1. The molecule has 0 aromatic heterocycles. The fourth-order valence-corrected chi connectivity index (χ4v) is 3.15. The zero-order valence-corrected chi connectivity index (χ0v) is 17.9. The summed E-state index contributed by atoms with van der Waals surface area (Å²) in [5, 5.41) is 2.93. The van der Waals surface area contributed by atoms with E-state index in [0.717, 1.165) is 38.8 Å². The molecule has 0 saturated heterocycles. The molecule has 0 radical (unpaired) electrons. The lowest BCUT2D eigenvalue weighted by molar-refractivity contribution is -0.117. The highest BCUT2D eigenvalue weighted by atomic mass is 16.5. The van der Waals surface area contributed by atoms with Gasteiger partial charge in [0, 0.05) is 11.8 Å². The highest BCUT2D eigenvalue weighted by molar-refractivity contribution is 5.92. The summed E-state index contributed by atoms with van der Waals surface area (Å²) >= 11 is 0. The summed E-state index contributed by atoms with van der Waals surface area (Å²) in [4.78, 5) is 14.2. The predicted octanol–water partition coefficient (Wildman–Crippen LogP) is 4.77. The van der Waals surface area contributed by atoms with Crippen LogP contribution in [0, 0.1) is 0 Å². The smallest absolute Gasteiger partial charge is 0.238 e. The number of likely N-dealkylation sites (N-methyl/N-ethyl adjacent to an activating group) is 1. The average Bonchev–Trinajstić information content (AvgIpc) is 2.75. The van der Waals surface area contributed by atoms with Crippen molar-refractivity contribution in [2.45, 2.75) is 39.5 Å². The maximum absolute atomic E-state index is 12.2. The van der Waals surface area contributed by atoms with Gasteiger partial charge in [-0.1, -0.05) is 44.2 Å². The molecule has 1 amide bonds. The molecule has 0 heterocycles. The first kappa shape index (κ1) is 22.8. The van der Waals surface area contributed by atoms with Crippen LogP contribution in [0.15, 0.2) is 48.5 Å². The molecular formula is C24H34N2O3. The van der Waals surface area contributed by atoms with Crippen LogP contribution in [0.1, 0.15) is 38.7 Å². The number of carbonyl (C=O) groups is 1. The third kappa shape index (κ3) is 8.16. The Balaban J connectivity index is 1.75. The number of benzene rings is 2. The molecule has 0 fully saturated rings. The number of hydrogen-bond acceptors (Lipinski definition) is 4. The number of anilines is 1. The minimum absolute atomic E-state index is 0.0252. The zero-order chi connectivity index (χ0) is 20.9. The van der Waals surface area contributed by atoms with Gasteiger partial charge in [-0.25, -0.2) is 0 Å². The van der Waals surface area contributed by atoms with Gasteiger partial charge in [-0.05, 0) is 56.5 Å². The average molecular weight is 399 g/mol. The van der Waals surface area contributed by atoms with Crippen molar-refractivity contribution in [3.8, 4) is 11.5 Å². The maximum atomic E-state index is 12.2. The van der Waals surface area contributed by atoms with Gasteiger partial charge in [0.15, 0.2) is 11.5 Å². The molecule has 0 aliphatic heterocycles. The number of carbonyl (C=O) groups excluding carboxylic acids is 1. The summed E-state index contributed by atoms with van der Waals surface area (Å²) in [6, 6.07) is 16.1. The number of nitrogens with zero attached hydrogens (tertiary/aromatic N) is 1. The number of ether oxygens (including phenoxy) is 2. The summed E-state index contributed by atoms with van der Waals surface area (Å²) in [5.41, 5.74) is 2.10. The molecule has 1 N–H and O–H groups in total. The first-order valence-electron chi connectivity index (χ1n) is 10.5. The Morgan fingerprint density at radius 3 is 2.41 bits per heavy atom. The summed E-state index contributed by atoms with van der Waals surface area (Å²) < 4.78 is 11.3. The number of unbranched alkanes of at least 4 members (excludes halogenated alkanes) is 2. The van der Waals surface area contributed by atoms with Crippen molar-refractivity contribution in [2.75, 3.05) is 38.7 Å². The van der Waals surface area contributed by atoms with Crippen molar-refractivity contribution in [1.29, 1.82) is 0 Å². The predicted molar refractivity (Wildman–Crippen MR) is 119 cm³/mol. The Hall–Kier alpha value is -2.53. The number of methoxy groups -OCH3 is 1. The van der Waals surface area contributed by atoms with Crippen molar-refractivity contribution in [3.63, 3.8) is 0 Å². The van der Waals surface area contributed by atoms with Crippen LogP contribution < -0.4 is 14.8 Å². The Morgan fingerprint density at radius 1 is 0.966 bits per heavy atom. The zero-order valence-electron chi connectivity index (χ0n) is 17.9. The van der Waals surface area contributed by atoms with Crippen molar-refractivity contribution in [2.24, 2.45) is 0 Å². The lowest BCUT2D eigenvalue weighted by Crippen LogP contribution is -2.32. The van der Waals surface area contributed by atoms with Gasteiger partial charge < -0.3 is 14.8 Å². The molecule has 0 aliphatic carbocycles. The van der Waals surface area contributed by atoms with Gasteiger partial charge in [0.1, 0.15) is 0 Å². The molecule has 5 nitrogen and oxygen atoms in total. The van der Waals surface area contributed by atoms with E-state index in [2.05, 4.69) is 34.5 Å². The highest BCUT2D eigenvalue weighted by Gasteiger charge is 2.10. The molecule has 5 heteroatoms. The lowest BCUT2D eigenvalue weighted by Gasteiger charge is -2.18. The molecule has 158 valence electrons. The second-order valence-corrected chi connectivity index (χ2v) is 7.02. The van der Waals surface area contributed by atoms with Crippen LogP contribution in [0.4, 0.5) is 5.69 Å². The highest BCUT2D eigenvalue weighted by Crippen LogP contribution is 2.30. The second kappa shape index (κ2) is 12.8. The van der Waals surface area contributed by atoms with E-state index in [0.29, 0.717) is 30.3 Å². The first-order chi connectivity index (χ1) is 14.2. The molecular weight excluding hydrogens is 364 g/mol. The van der Waals surface area contributed by atoms with Gasteiger partial charge in [-0.3, -0.25) is 9.69 Å². The van der Waals surface area contributed by atoms with Crippen LogP contribution in [-0.4, -0.2) is 44.2 Å². The monoisotopic (exact) mass is 398 g/mol. The molecule has 0 spiro atoms. The Labute approximate surface area is 175 Å². The fourth-order valence-electron chi connectivity index (χ4n) is 3.15. The summed E-state index contributed by atoms with van der Waals surface area (Å²) in [5.74, 6) is 1.31. The van der Waals surface area contributed by atoms with Crippen LogP contribution in [0.5, 0.6) is 11.5 Å². The van der Waals surface area contributed by atoms with Crippen LogP contribution >= 0.6 is 0 Å². The van der Waals surface area contributed by atoms with Gasteiger partial charge in [0.2, 0.25) is 5.91 Å². The van der Waals surface area contributed by atoms with Gasteiger partial charge in [0.25, 0.3) is 0 Å². The molecule has 2 aromatic carbocycles. The molecule has 0 aliphatic rings. The van der Waals surface area contributed by atoms with E-state index in [1.807, 2.05) is 38.1 Å². The quantitative estimate of drug-likeness (QED) is 0.494. The Morgan fingerprint density at radius 2 is 1.72 bits per heavy atom. The molecule has 0 saturated carbocycles. The van der Waals surface area contributed by atoms with Crippen molar-refractivity contribution >= 4 is 11.6 Å². The summed E-state index contributed by atoms with van der Waals surface area (Å²) in [7, 11) is 1.61. The van der Waals surface area contributed by atoms with Gasteiger partial charge >= 0.3 is 0 Å². The third-order valence-electron chi connectivity index (χ3n) is 4.92. The topological polar surface area (TPSA) is 50.8 Å². The maximum Gasteiger partial charge on any atom is 0.238 e. The minimum atomic E-state index is -0.0252. The standard InChI is InChI=1S/C24H34N2O3/c1-4-26(5-2)19-24(27)25-21-15-16-22(23(18-21)28-3)29-17-11-7-10-14-20-12-8-6-9-13-20/h6,8-9,12-13,15-16,18H,4-5,7,10-11,14,17,19H2,1-3H3,(H,25,27). The fraction of sp³-hybridized carbons (Fsp3) is 0.458. The normalized spacial score (nSPS) is 10.8. The summed E-state index contributed by atoms with van der Waals surface area (Å²) in [6.07, 6.45) is 4.38. The molecule has 2 rings (SSSR count). The number of hydrogen-bond donors (Lipinski definition) is 1. The lowest BCUT2D eigenvalue weighted by atomic mass is 10.1. The molecule has 29 heavy (non-hydrogen) atoms. The largest absolute Gasteiger partial charge is 0.493 e. The SMILES string of the molecule is CCN(CC)CC(=O)Nc1ccc(OCCCCCc2ccccc2)c(OC)c1. The van der Waals surface area contributed by atoms with Gasteiger partial charge in [-0.2, -0.15) is 0 Å². The molecule has 0 atom stereocenters. The first-order valence-corrected chi connectivity index (χ1v) is 10.5. The number of nitrogens with one attached hydrogen (secondary N) is 1. The molecule has 0 bridgehead atoms. The van der Waals surface area contributed by atoms with E-state index in [4.69, 9.17) is 9.47 Å². The second-order valence-electron chi connectivity index (χ2n) is 7.02. The minimum Gasteiger partial charge on any atom is -0.493 e. The number of rotatable bonds is 13. The molecule has 0 unspecified atom stereocenters. The van der Waals surface area contributed by atoms with Gasteiger partial charge in [0.05, 0.1) is 20.3 Å². The van der Waals surface area contributed by atoms with Crippen molar-refractivity contribution in [3.05, 3.63) is 54.1 Å². The number of amides is 1. The van der Waals surface area contributed by atoms with E-state index in [-0.39, 0.29) is 5.91 Å². The van der Waals surface area contributed by atoms with E-state index in [1.54, 1.807) is 7.11 Å². The Kier molecular flexibility index (Phi) is 10.1. The van der Waals surface area contributed by atoms with E-state index < -0.39 is 0 Å². The van der Waals surface area contributed by atoms with E-state index >= 15 is 0 Å². The van der Waals surface area contributed by atoms with Crippen LogP contribution in [0.2, 0.25) is 0 Å². The van der Waals surface area contributed by atoms with Crippen LogP contribution in [0.3, 0.4) is 0 Å². The van der Waals surface area contributed by atoms with Crippen LogP contribution in [0.25, 0.3) is 0 Å². The van der Waals surface area contributed by atoms with Gasteiger partial charge in [-0.15, -0.1) is 0 Å². The van der Waals surface area contributed by atoms with E-state index in [9.17, 15) is 4.79 Å². The third-order valence-corrected chi connectivity index (χ3v) is 4.92.